The summed E-state index contributed by atoms with van der Waals surface area (Å²) in [6, 6.07) is 5.28. The topological polar surface area (TPSA) is 38.5 Å². The molecule has 1 aromatic rings. The average molecular weight is 302 g/mol. The first-order valence-electron chi connectivity index (χ1n) is 7.26. The van der Waals surface area contributed by atoms with E-state index in [1.165, 1.54) is 0 Å². The van der Waals surface area contributed by atoms with Crippen LogP contribution in [0.1, 0.15) is 26.2 Å². The van der Waals surface area contributed by atoms with Crippen molar-refractivity contribution in [3.8, 4) is 5.75 Å². The molecule has 1 heterocycles. The first-order valence-corrected chi connectivity index (χ1v) is 7.26. The summed E-state index contributed by atoms with van der Waals surface area (Å²) >= 11 is 0. The van der Waals surface area contributed by atoms with Crippen LogP contribution < -0.4 is 15.4 Å². The SMILES string of the molecule is CCCOc1cccc(N2CCCC(C(F)(F)F)C2)c1N. The second-order valence-electron chi connectivity index (χ2n) is 5.36. The third kappa shape index (κ3) is 3.74. The Morgan fingerprint density at radius 3 is 2.81 bits per heavy atom. The number of para-hydroxylation sites is 1. The van der Waals surface area contributed by atoms with Gasteiger partial charge in [0.2, 0.25) is 0 Å². The summed E-state index contributed by atoms with van der Waals surface area (Å²) < 4.78 is 44.2. The third-order valence-electron chi connectivity index (χ3n) is 3.73. The van der Waals surface area contributed by atoms with Crippen molar-refractivity contribution < 1.29 is 17.9 Å². The molecule has 0 amide bonds. The summed E-state index contributed by atoms with van der Waals surface area (Å²) in [7, 11) is 0. The van der Waals surface area contributed by atoms with Gasteiger partial charge in [-0.3, -0.25) is 0 Å². The van der Waals surface area contributed by atoms with Crippen molar-refractivity contribution >= 4 is 11.4 Å². The molecule has 21 heavy (non-hydrogen) atoms. The molecule has 6 heteroatoms. The van der Waals surface area contributed by atoms with E-state index in [1.54, 1.807) is 23.1 Å². The fourth-order valence-electron chi connectivity index (χ4n) is 2.61. The van der Waals surface area contributed by atoms with Crippen molar-refractivity contribution in [2.75, 3.05) is 30.3 Å². The van der Waals surface area contributed by atoms with Gasteiger partial charge in [0.25, 0.3) is 0 Å². The molecule has 0 aliphatic carbocycles. The maximum absolute atomic E-state index is 12.9. The average Bonchev–Trinajstić information content (AvgIpc) is 2.45. The van der Waals surface area contributed by atoms with E-state index in [2.05, 4.69) is 0 Å². The van der Waals surface area contributed by atoms with E-state index in [0.29, 0.717) is 36.7 Å². The minimum absolute atomic E-state index is 0.0368. The lowest BCUT2D eigenvalue weighted by atomic mass is 9.97. The molecule has 1 atom stereocenters. The normalized spacial score (nSPS) is 19.6. The molecule has 1 aliphatic rings. The Kier molecular flexibility index (Phi) is 4.85. The van der Waals surface area contributed by atoms with Gasteiger partial charge in [-0.25, -0.2) is 0 Å². The molecule has 0 radical (unpaired) electrons. The predicted molar refractivity (Wildman–Crippen MR) is 77.6 cm³/mol. The van der Waals surface area contributed by atoms with Gasteiger partial charge in [-0.2, -0.15) is 13.2 Å². The van der Waals surface area contributed by atoms with Gasteiger partial charge in [-0.1, -0.05) is 13.0 Å². The molecule has 1 unspecified atom stereocenters. The predicted octanol–water partition coefficient (Wildman–Crippen LogP) is 3.84. The van der Waals surface area contributed by atoms with Crippen molar-refractivity contribution in [3.63, 3.8) is 0 Å². The standard InChI is InChI=1S/C15H21F3N2O/c1-2-9-21-13-7-3-6-12(14(13)19)20-8-4-5-11(10-20)15(16,17)18/h3,6-7,11H,2,4-5,8-10,19H2,1H3. The zero-order valence-electron chi connectivity index (χ0n) is 12.1. The van der Waals surface area contributed by atoms with Gasteiger partial charge < -0.3 is 15.4 Å². The largest absolute Gasteiger partial charge is 0.491 e. The fourth-order valence-corrected chi connectivity index (χ4v) is 2.61. The summed E-state index contributed by atoms with van der Waals surface area (Å²) in [5, 5.41) is 0. The van der Waals surface area contributed by atoms with E-state index in [9.17, 15) is 13.2 Å². The van der Waals surface area contributed by atoms with Crippen LogP contribution in [0.5, 0.6) is 5.75 Å². The minimum atomic E-state index is -4.15. The van der Waals surface area contributed by atoms with Crippen LogP contribution >= 0.6 is 0 Å². The van der Waals surface area contributed by atoms with Crippen LogP contribution in [0, 0.1) is 5.92 Å². The molecule has 0 bridgehead atoms. The van der Waals surface area contributed by atoms with Crippen molar-refractivity contribution in [3.05, 3.63) is 18.2 Å². The van der Waals surface area contributed by atoms with Gasteiger partial charge in [0.05, 0.1) is 23.9 Å². The van der Waals surface area contributed by atoms with E-state index in [0.717, 1.165) is 6.42 Å². The molecule has 1 aliphatic heterocycles. The molecular weight excluding hydrogens is 281 g/mol. The van der Waals surface area contributed by atoms with Crippen molar-refractivity contribution in [2.45, 2.75) is 32.4 Å². The first kappa shape index (κ1) is 15.8. The molecule has 3 nitrogen and oxygen atoms in total. The van der Waals surface area contributed by atoms with Crippen LogP contribution in [-0.2, 0) is 0 Å². The Morgan fingerprint density at radius 1 is 1.38 bits per heavy atom. The summed E-state index contributed by atoms with van der Waals surface area (Å²) in [5.41, 5.74) is 7.12. The third-order valence-corrected chi connectivity index (χ3v) is 3.73. The number of ether oxygens (including phenoxy) is 1. The van der Waals surface area contributed by atoms with E-state index >= 15 is 0 Å². The number of hydrogen-bond donors (Lipinski definition) is 1. The zero-order chi connectivity index (χ0) is 15.5. The van der Waals surface area contributed by atoms with E-state index < -0.39 is 12.1 Å². The Morgan fingerprint density at radius 2 is 2.14 bits per heavy atom. The van der Waals surface area contributed by atoms with Crippen LogP contribution in [0.2, 0.25) is 0 Å². The molecule has 118 valence electrons. The number of rotatable bonds is 4. The maximum atomic E-state index is 12.9. The Bertz CT molecular complexity index is 476. The van der Waals surface area contributed by atoms with Crippen LogP contribution in [-0.4, -0.2) is 25.9 Å². The molecule has 1 fully saturated rings. The van der Waals surface area contributed by atoms with E-state index in [4.69, 9.17) is 10.5 Å². The van der Waals surface area contributed by atoms with Gasteiger partial charge in [-0.05, 0) is 31.4 Å². The highest BCUT2D eigenvalue weighted by molar-refractivity contribution is 5.74. The zero-order valence-corrected chi connectivity index (χ0v) is 12.1. The quantitative estimate of drug-likeness (QED) is 0.859. The Hall–Kier alpha value is -1.59. The highest BCUT2D eigenvalue weighted by atomic mass is 19.4. The molecule has 2 rings (SSSR count). The Labute approximate surface area is 122 Å². The maximum Gasteiger partial charge on any atom is 0.393 e. The van der Waals surface area contributed by atoms with Gasteiger partial charge >= 0.3 is 6.18 Å². The van der Waals surface area contributed by atoms with Gasteiger partial charge in [0, 0.05) is 13.1 Å². The fraction of sp³-hybridized carbons (Fsp3) is 0.600. The second-order valence-corrected chi connectivity index (χ2v) is 5.36. The minimum Gasteiger partial charge on any atom is -0.491 e. The highest BCUT2D eigenvalue weighted by Gasteiger charge is 2.42. The Balaban J connectivity index is 2.17. The molecule has 0 saturated carbocycles. The summed E-state index contributed by atoms with van der Waals surface area (Å²) in [6.45, 7) is 3.08. The van der Waals surface area contributed by atoms with E-state index in [-0.39, 0.29) is 13.0 Å². The van der Waals surface area contributed by atoms with E-state index in [1.807, 2.05) is 6.92 Å². The molecule has 1 aromatic carbocycles. The van der Waals surface area contributed by atoms with Crippen molar-refractivity contribution in [2.24, 2.45) is 5.92 Å². The second kappa shape index (κ2) is 6.45. The number of nitrogens with zero attached hydrogens (tertiary/aromatic N) is 1. The van der Waals surface area contributed by atoms with Crippen LogP contribution in [0.4, 0.5) is 24.5 Å². The lowest BCUT2D eigenvalue weighted by Crippen LogP contribution is -2.42. The summed E-state index contributed by atoms with van der Waals surface area (Å²) in [5.74, 6) is -0.741. The molecule has 0 spiro atoms. The number of anilines is 2. The first-order chi connectivity index (χ1) is 9.93. The lowest BCUT2D eigenvalue weighted by Gasteiger charge is -2.36. The number of nitrogens with two attached hydrogens (primary N) is 1. The van der Waals surface area contributed by atoms with Crippen LogP contribution in [0.15, 0.2) is 18.2 Å². The number of hydrogen-bond acceptors (Lipinski definition) is 3. The highest BCUT2D eigenvalue weighted by Crippen LogP contribution is 2.38. The molecule has 0 aromatic heterocycles. The van der Waals surface area contributed by atoms with Crippen LogP contribution in [0.25, 0.3) is 0 Å². The molecule has 1 saturated heterocycles. The molecule has 2 N–H and O–H groups in total. The van der Waals surface area contributed by atoms with Crippen molar-refractivity contribution in [1.82, 2.24) is 0 Å². The number of benzene rings is 1. The summed E-state index contributed by atoms with van der Waals surface area (Å²) in [4.78, 5) is 1.72. The summed E-state index contributed by atoms with van der Waals surface area (Å²) in [6.07, 6.45) is -2.59. The smallest absolute Gasteiger partial charge is 0.393 e. The lowest BCUT2D eigenvalue weighted by molar-refractivity contribution is -0.175. The number of halogens is 3. The molecular formula is C15H21F3N2O. The van der Waals surface area contributed by atoms with Crippen molar-refractivity contribution in [1.29, 1.82) is 0 Å². The monoisotopic (exact) mass is 302 g/mol. The van der Waals surface area contributed by atoms with Gasteiger partial charge in [0.1, 0.15) is 5.75 Å². The van der Waals surface area contributed by atoms with Crippen LogP contribution in [0.3, 0.4) is 0 Å². The number of alkyl halides is 3. The number of nitrogen functional groups attached to an aromatic ring is 1. The van der Waals surface area contributed by atoms with Gasteiger partial charge in [0.15, 0.2) is 0 Å². The van der Waals surface area contributed by atoms with Gasteiger partial charge in [-0.15, -0.1) is 0 Å². The number of piperidine rings is 1.